The third kappa shape index (κ3) is 5.12. The van der Waals surface area contributed by atoms with Gasteiger partial charge in [0.2, 0.25) is 0 Å². The van der Waals surface area contributed by atoms with E-state index in [4.69, 9.17) is 14.5 Å². The van der Waals surface area contributed by atoms with E-state index in [0.29, 0.717) is 0 Å². The first-order valence-corrected chi connectivity index (χ1v) is 10.1. The van der Waals surface area contributed by atoms with Crippen LogP contribution in [-0.4, -0.2) is 59.4 Å². The Kier molecular flexibility index (Phi) is 6.32. The molecule has 14 nitrogen and oxygen atoms in total. The average Bonchev–Trinajstić information content (AvgIpc) is 2.75. The van der Waals surface area contributed by atoms with Crippen molar-refractivity contribution in [2.75, 3.05) is 6.61 Å². The van der Waals surface area contributed by atoms with Crippen LogP contribution in [0.2, 0.25) is 0 Å². The van der Waals surface area contributed by atoms with E-state index in [9.17, 15) is 33.8 Å². The molecule has 1 aliphatic heterocycles. The summed E-state index contributed by atoms with van der Waals surface area (Å²) in [7, 11) is -10.5. The maximum Gasteiger partial charge on any atom is 0.481 e. The maximum atomic E-state index is 11.8. The largest absolute Gasteiger partial charge is 0.481 e. The van der Waals surface area contributed by atoms with E-state index < -0.39 is 58.0 Å². The molecule has 1 aromatic heterocycles. The molecule has 2 heterocycles. The lowest BCUT2D eigenvalue weighted by atomic mass is 10.1. The summed E-state index contributed by atoms with van der Waals surface area (Å²) >= 11 is 3.81. The van der Waals surface area contributed by atoms with Gasteiger partial charge in [0.05, 0.1) is 11.5 Å². The summed E-state index contributed by atoms with van der Waals surface area (Å²) in [4.78, 5) is 50.9. The van der Waals surface area contributed by atoms with Crippen molar-refractivity contribution in [2.24, 2.45) is 0 Å². The molecule has 6 N–H and O–H groups in total. The summed E-state index contributed by atoms with van der Waals surface area (Å²) in [5.74, 6) is 0. The zero-order valence-electron chi connectivity index (χ0n) is 12.5. The van der Waals surface area contributed by atoms with E-state index in [1.54, 1.807) is 0 Å². The number of nitrogens with zero attached hydrogens (tertiary/aromatic N) is 1. The van der Waals surface area contributed by atoms with Gasteiger partial charge in [0.15, 0.2) is 6.23 Å². The van der Waals surface area contributed by atoms with Gasteiger partial charge in [-0.05, 0) is 0 Å². The summed E-state index contributed by atoms with van der Waals surface area (Å²) < 4.78 is 35.7. The van der Waals surface area contributed by atoms with Gasteiger partial charge in [-0.3, -0.25) is 18.9 Å². The second kappa shape index (κ2) is 7.66. The Hall–Kier alpha value is -0.830. The summed E-state index contributed by atoms with van der Waals surface area (Å²) in [5, 5.41) is 19.9. The lowest BCUT2D eigenvalue weighted by Crippen LogP contribution is -2.38. The van der Waals surface area contributed by atoms with E-state index in [2.05, 4.69) is 21.5 Å². The van der Waals surface area contributed by atoms with E-state index in [1.165, 1.54) is 0 Å². The first kappa shape index (κ1) is 21.5. The average molecular weight is 436 g/mol. The minimum Gasteiger partial charge on any atom is -0.387 e. The Balaban J connectivity index is 2.14. The Bertz CT molecular complexity index is 878. The third-order valence-corrected chi connectivity index (χ3v) is 5.64. The van der Waals surface area contributed by atoms with Crippen LogP contribution >= 0.6 is 28.3 Å². The highest BCUT2D eigenvalue weighted by molar-refractivity contribution is 7.80. The standard InChI is InChI=1S/C9H14N2O12P2S/c12-5-3(2-21-25(19,20)23-24(16,17)18)22-8(6(5)13)11-1-4(26)7(14)10-9(11)15/h1,3,5-6,8,12-13,26H,2H2,(H,19,20)(H,10,14,15)(H2,16,17,18). The highest BCUT2D eigenvalue weighted by Crippen LogP contribution is 2.57. The van der Waals surface area contributed by atoms with Crippen LogP contribution in [0, 0.1) is 0 Å². The number of aromatic amines is 1. The molecule has 5 unspecified atom stereocenters. The Morgan fingerprint density at radius 2 is 1.85 bits per heavy atom. The second-order valence-electron chi connectivity index (χ2n) is 5.06. The van der Waals surface area contributed by atoms with Crippen LogP contribution in [0.3, 0.4) is 0 Å². The number of phosphoric ester groups is 1. The Morgan fingerprint density at radius 1 is 1.23 bits per heavy atom. The molecule has 5 atom stereocenters. The van der Waals surface area contributed by atoms with Gasteiger partial charge in [0, 0.05) is 6.20 Å². The number of aromatic nitrogens is 2. The number of phosphoric acid groups is 2. The monoisotopic (exact) mass is 436 g/mol. The molecule has 2 rings (SSSR count). The quantitative estimate of drug-likeness (QED) is 0.184. The van der Waals surface area contributed by atoms with Crippen LogP contribution in [0.1, 0.15) is 6.23 Å². The molecule has 1 saturated heterocycles. The van der Waals surface area contributed by atoms with Crippen molar-refractivity contribution in [3.63, 3.8) is 0 Å². The van der Waals surface area contributed by atoms with Gasteiger partial charge in [0.25, 0.3) is 5.56 Å². The van der Waals surface area contributed by atoms with E-state index >= 15 is 0 Å². The predicted molar refractivity (Wildman–Crippen MR) is 83.4 cm³/mol. The SMILES string of the molecule is O=c1[nH]c(=O)n(C2OC(COP(=O)(O)OP(=O)(O)O)C(O)C2O)cc1S. The molecular formula is C9H14N2O12P2S. The highest BCUT2D eigenvalue weighted by Gasteiger charge is 2.45. The molecule has 0 radical (unpaired) electrons. The number of ether oxygens (including phenoxy) is 1. The molecule has 0 saturated carbocycles. The lowest BCUT2D eigenvalue weighted by molar-refractivity contribution is -0.0545. The molecule has 0 amide bonds. The van der Waals surface area contributed by atoms with Gasteiger partial charge in [-0.25, -0.2) is 13.9 Å². The fraction of sp³-hybridized carbons (Fsp3) is 0.556. The van der Waals surface area contributed by atoms with Gasteiger partial charge < -0.3 is 29.6 Å². The van der Waals surface area contributed by atoms with Crippen molar-refractivity contribution in [3.05, 3.63) is 27.0 Å². The van der Waals surface area contributed by atoms with Crippen molar-refractivity contribution >= 4 is 28.3 Å². The number of hydrogen-bond donors (Lipinski definition) is 7. The number of rotatable bonds is 6. The van der Waals surface area contributed by atoms with Crippen LogP contribution < -0.4 is 11.2 Å². The number of aliphatic hydroxyl groups excluding tert-OH is 2. The van der Waals surface area contributed by atoms with E-state index in [-0.39, 0.29) is 4.90 Å². The third-order valence-electron chi connectivity index (χ3n) is 3.17. The highest BCUT2D eigenvalue weighted by atomic mass is 32.1. The van der Waals surface area contributed by atoms with Gasteiger partial charge >= 0.3 is 21.3 Å². The van der Waals surface area contributed by atoms with Crippen LogP contribution in [-0.2, 0) is 22.7 Å². The Labute approximate surface area is 149 Å². The van der Waals surface area contributed by atoms with Crippen LogP contribution in [0.15, 0.2) is 20.7 Å². The molecular weight excluding hydrogens is 422 g/mol. The van der Waals surface area contributed by atoms with Crippen LogP contribution in [0.25, 0.3) is 0 Å². The molecule has 1 fully saturated rings. The van der Waals surface area contributed by atoms with Crippen LogP contribution in [0.4, 0.5) is 0 Å². The van der Waals surface area contributed by atoms with Crippen molar-refractivity contribution in [1.82, 2.24) is 9.55 Å². The maximum absolute atomic E-state index is 11.8. The van der Waals surface area contributed by atoms with Gasteiger partial charge in [-0.15, -0.1) is 12.6 Å². The second-order valence-corrected chi connectivity index (χ2v) is 8.38. The molecule has 0 spiro atoms. The molecule has 0 aromatic carbocycles. The molecule has 0 aliphatic carbocycles. The number of aliphatic hydroxyl groups is 2. The first-order chi connectivity index (χ1) is 11.8. The summed E-state index contributed by atoms with van der Waals surface area (Å²) in [6, 6.07) is 0. The fourth-order valence-electron chi connectivity index (χ4n) is 2.09. The summed E-state index contributed by atoms with van der Waals surface area (Å²) in [5.41, 5.74) is -1.78. The summed E-state index contributed by atoms with van der Waals surface area (Å²) in [6.45, 7) is -0.922. The molecule has 26 heavy (non-hydrogen) atoms. The number of H-pyrrole nitrogens is 1. The van der Waals surface area contributed by atoms with Crippen LogP contribution in [0.5, 0.6) is 0 Å². The number of nitrogens with one attached hydrogen (secondary N) is 1. The molecule has 0 bridgehead atoms. The number of thiol groups is 1. The molecule has 17 heteroatoms. The van der Waals surface area contributed by atoms with Crippen molar-refractivity contribution in [1.29, 1.82) is 0 Å². The zero-order chi connectivity index (χ0) is 19.9. The normalized spacial score (nSPS) is 28.8. The minimum atomic E-state index is -5.33. The predicted octanol–water partition coefficient (Wildman–Crippen LogP) is -2.33. The van der Waals surface area contributed by atoms with E-state index in [1.807, 2.05) is 4.98 Å². The van der Waals surface area contributed by atoms with Crippen molar-refractivity contribution in [3.8, 4) is 0 Å². The molecule has 1 aliphatic rings. The van der Waals surface area contributed by atoms with Crippen molar-refractivity contribution < 1.29 is 47.6 Å². The topological polar surface area (TPSA) is 218 Å². The van der Waals surface area contributed by atoms with Gasteiger partial charge in [-0.2, -0.15) is 4.31 Å². The zero-order valence-corrected chi connectivity index (χ0v) is 15.2. The van der Waals surface area contributed by atoms with Gasteiger partial charge in [-0.1, -0.05) is 0 Å². The van der Waals surface area contributed by atoms with Crippen molar-refractivity contribution in [2.45, 2.75) is 29.4 Å². The Morgan fingerprint density at radius 3 is 2.42 bits per heavy atom. The number of hydrogen-bond acceptors (Lipinski definition) is 10. The van der Waals surface area contributed by atoms with E-state index in [0.717, 1.165) is 10.8 Å². The molecule has 1 aromatic rings. The fourth-order valence-corrected chi connectivity index (χ4v) is 3.87. The van der Waals surface area contributed by atoms with Gasteiger partial charge in [0.1, 0.15) is 18.3 Å². The lowest BCUT2D eigenvalue weighted by Gasteiger charge is -2.18. The minimum absolute atomic E-state index is 0.190. The summed E-state index contributed by atoms with van der Waals surface area (Å²) in [6.07, 6.45) is -5.45. The first-order valence-electron chi connectivity index (χ1n) is 6.61. The smallest absolute Gasteiger partial charge is 0.387 e. The molecule has 148 valence electrons.